The molecule has 5 heteroatoms. The van der Waals surface area contributed by atoms with E-state index in [1.54, 1.807) is 18.2 Å². The molecule has 0 aromatic heterocycles. The van der Waals surface area contributed by atoms with E-state index in [0.29, 0.717) is 18.9 Å². The first-order chi connectivity index (χ1) is 14.7. The van der Waals surface area contributed by atoms with Crippen LogP contribution in [0.15, 0.2) is 84.9 Å². The Morgan fingerprint density at radius 3 is 2.23 bits per heavy atom. The van der Waals surface area contributed by atoms with Gasteiger partial charge in [-0.2, -0.15) is 0 Å². The van der Waals surface area contributed by atoms with Crippen molar-refractivity contribution in [2.45, 2.75) is 6.10 Å². The number of amides is 1. The van der Waals surface area contributed by atoms with Gasteiger partial charge in [0.1, 0.15) is 6.10 Å². The summed E-state index contributed by atoms with van der Waals surface area (Å²) in [4.78, 5) is 12.1. The highest BCUT2D eigenvalue weighted by molar-refractivity contribution is 5.91. The van der Waals surface area contributed by atoms with Gasteiger partial charge >= 0.3 is 0 Å². The fraction of sp³-hybridized carbons (Fsp3) is 0.160. The second kappa shape index (κ2) is 10.8. The zero-order valence-electron chi connectivity index (χ0n) is 16.8. The van der Waals surface area contributed by atoms with Gasteiger partial charge in [0.2, 0.25) is 5.91 Å². The van der Waals surface area contributed by atoms with Gasteiger partial charge in [-0.25, -0.2) is 0 Å². The summed E-state index contributed by atoms with van der Waals surface area (Å²) in [5, 5.41) is 12.4. The zero-order valence-corrected chi connectivity index (χ0v) is 16.8. The number of carbonyl (C=O) groups is 1. The summed E-state index contributed by atoms with van der Waals surface area (Å²) >= 11 is 0. The van der Waals surface area contributed by atoms with Crippen molar-refractivity contribution >= 4 is 12.0 Å². The lowest BCUT2D eigenvalue weighted by atomic mass is 10.0. The molecule has 0 radical (unpaired) electrons. The van der Waals surface area contributed by atoms with Crippen LogP contribution >= 0.6 is 0 Å². The van der Waals surface area contributed by atoms with Crippen molar-refractivity contribution in [1.29, 1.82) is 0 Å². The van der Waals surface area contributed by atoms with Gasteiger partial charge in [0, 0.05) is 12.6 Å². The van der Waals surface area contributed by atoms with E-state index in [1.165, 1.54) is 19.3 Å². The maximum absolute atomic E-state index is 12.1. The lowest BCUT2D eigenvalue weighted by Gasteiger charge is -2.19. The first kappa shape index (κ1) is 21.1. The van der Waals surface area contributed by atoms with Gasteiger partial charge in [-0.3, -0.25) is 4.79 Å². The molecule has 5 nitrogen and oxygen atoms in total. The highest BCUT2D eigenvalue weighted by atomic mass is 16.5. The number of methoxy groups -OCH3 is 1. The van der Waals surface area contributed by atoms with Gasteiger partial charge in [0.05, 0.1) is 13.7 Å². The van der Waals surface area contributed by atoms with E-state index in [2.05, 4.69) is 5.32 Å². The number of rotatable bonds is 9. The van der Waals surface area contributed by atoms with Crippen molar-refractivity contribution in [3.05, 3.63) is 102 Å². The Kier molecular flexibility index (Phi) is 7.64. The molecule has 154 valence electrons. The van der Waals surface area contributed by atoms with E-state index < -0.39 is 0 Å². The maximum Gasteiger partial charge on any atom is 0.244 e. The number of phenolic OH excluding ortho intramolecular Hbond substituents is 1. The average Bonchev–Trinajstić information content (AvgIpc) is 2.79. The quantitative estimate of drug-likeness (QED) is 0.412. The lowest BCUT2D eigenvalue weighted by Crippen LogP contribution is -2.26. The number of hydrogen-bond donors (Lipinski definition) is 2. The van der Waals surface area contributed by atoms with Crippen LogP contribution in [0.4, 0.5) is 0 Å². The van der Waals surface area contributed by atoms with E-state index in [1.807, 2.05) is 60.7 Å². The van der Waals surface area contributed by atoms with Crippen LogP contribution in [0.1, 0.15) is 22.8 Å². The number of carbonyl (C=O) groups excluding carboxylic acids is 1. The predicted octanol–water partition coefficient (Wildman–Crippen LogP) is 4.34. The molecule has 0 aliphatic rings. The summed E-state index contributed by atoms with van der Waals surface area (Å²) in [5.41, 5.74) is 2.89. The van der Waals surface area contributed by atoms with Crippen molar-refractivity contribution < 1.29 is 19.4 Å². The molecular weight excluding hydrogens is 378 g/mol. The van der Waals surface area contributed by atoms with Crippen molar-refractivity contribution in [1.82, 2.24) is 5.32 Å². The van der Waals surface area contributed by atoms with Crippen LogP contribution in [0, 0.1) is 0 Å². The Morgan fingerprint density at radius 1 is 1.00 bits per heavy atom. The third-order valence-electron chi connectivity index (χ3n) is 4.52. The lowest BCUT2D eigenvalue weighted by molar-refractivity contribution is -0.116. The van der Waals surface area contributed by atoms with Crippen LogP contribution in [0.25, 0.3) is 6.08 Å². The number of benzene rings is 3. The fourth-order valence-corrected chi connectivity index (χ4v) is 3.02. The number of nitrogens with one attached hydrogen (secondary N) is 1. The first-order valence-electron chi connectivity index (χ1n) is 9.72. The van der Waals surface area contributed by atoms with Crippen molar-refractivity contribution in [2.75, 3.05) is 20.3 Å². The van der Waals surface area contributed by atoms with Gasteiger partial charge in [-0.1, -0.05) is 66.7 Å². The molecule has 0 heterocycles. The topological polar surface area (TPSA) is 67.8 Å². The molecule has 0 bridgehead atoms. The molecule has 0 saturated carbocycles. The minimum atomic E-state index is -0.221. The van der Waals surface area contributed by atoms with Crippen molar-refractivity contribution in [3.63, 3.8) is 0 Å². The monoisotopic (exact) mass is 403 g/mol. The minimum absolute atomic E-state index is 0.0580. The SMILES string of the molecule is COc1cc(C=CC(=O)NCCOC(c2ccccc2)c2ccccc2)ccc1O. The molecule has 3 aromatic carbocycles. The average molecular weight is 403 g/mol. The van der Waals surface area contributed by atoms with Gasteiger partial charge in [0.15, 0.2) is 11.5 Å². The van der Waals surface area contributed by atoms with Gasteiger partial charge < -0.3 is 19.9 Å². The van der Waals surface area contributed by atoms with E-state index >= 15 is 0 Å². The smallest absolute Gasteiger partial charge is 0.244 e. The Morgan fingerprint density at radius 2 is 1.63 bits per heavy atom. The molecule has 2 N–H and O–H groups in total. The Bertz CT molecular complexity index is 931. The van der Waals surface area contributed by atoms with Gasteiger partial charge in [0.25, 0.3) is 0 Å². The molecule has 0 aliphatic heterocycles. The van der Waals surface area contributed by atoms with Gasteiger partial charge in [-0.15, -0.1) is 0 Å². The molecule has 0 unspecified atom stereocenters. The van der Waals surface area contributed by atoms with Crippen molar-refractivity contribution in [3.8, 4) is 11.5 Å². The Hall–Kier alpha value is -3.57. The summed E-state index contributed by atoms with van der Waals surface area (Å²) in [5.74, 6) is 0.197. The number of hydrogen-bond acceptors (Lipinski definition) is 4. The number of phenols is 1. The maximum atomic E-state index is 12.1. The van der Waals surface area contributed by atoms with E-state index in [0.717, 1.165) is 16.7 Å². The predicted molar refractivity (Wildman–Crippen MR) is 117 cm³/mol. The fourth-order valence-electron chi connectivity index (χ4n) is 3.02. The highest BCUT2D eigenvalue weighted by Gasteiger charge is 2.14. The molecule has 1 amide bonds. The first-order valence-corrected chi connectivity index (χ1v) is 9.72. The highest BCUT2D eigenvalue weighted by Crippen LogP contribution is 2.27. The van der Waals surface area contributed by atoms with E-state index in [4.69, 9.17) is 9.47 Å². The number of aromatic hydroxyl groups is 1. The van der Waals surface area contributed by atoms with Crippen LogP contribution in [0.5, 0.6) is 11.5 Å². The molecule has 0 spiro atoms. The normalized spacial score (nSPS) is 11.0. The second-order valence-corrected chi connectivity index (χ2v) is 6.63. The standard InChI is InChI=1S/C25H25NO4/c1-29-23-18-19(12-14-22(23)27)13-15-24(28)26-16-17-30-25(20-8-4-2-5-9-20)21-10-6-3-7-11-21/h2-15,18,25,27H,16-17H2,1H3,(H,26,28). The van der Waals surface area contributed by atoms with Crippen LogP contribution in [0.2, 0.25) is 0 Å². The van der Waals surface area contributed by atoms with E-state index in [-0.39, 0.29) is 17.8 Å². The van der Waals surface area contributed by atoms with Crippen LogP contribution in [0.3, 0.4) is 0 Å². The van der Waals surface area contributed by atoms with E-state index in [9.17, 15) is 9.90 Å². The van der Waals surface area contributed by atoms with Gasteiger partial charge in [-0.05, 0) is 34.9 Å². The molecule has 0 saturated heterocycles. The van der Waals surface area contributed by atoms with Crippen LogP contribution in [-0.2, 0) is 9.53 Å². The molecule has 0 fully saturated rings. The molecule has 30 heavy (non-hydrogen) atoms. The molecule has 3 aromatic rings. The molecular formula is C25H25NO4. The second-order valence-electron chi connectivity index (χ2n) is 6.63. The summed E-state index contributed by atoms with van der Waals surface area (Å²) in [6, 6.07) is 24.9. The zero-order chi connectivity index (χ0) is 21.2. The molecule has 3 rings (SSSR count). The summed E-state index contributed by atoms with van der Waals surface area (Å²) < 4.78 is 11.2. The Labute approximate surface area is 176 Å². The van der Waals surface area contributed by atoms with Crippen molar-refractivity contribution in [2.24, 2.45) is 0 Å². The molecule has 0 atom stereocenters. The summed E-state index contributed by atoms with van der Waals surface area (Å²) in [6.07, 6.45) is 2.91. The summed E-state index contributed by atoms with van der Waals surface area (Å²) in [7, 11) is 1.48. The summed E-state index contributed by atoms with van der Waals surface area (Å²) in [6.45, 7) is 0.763. The third kappa shape index (κ3) is 5.96. The molecule has 0 aliphatic carbocycles. The van der Waals surface area contributed by atoms with Crippen LogP contribution in [-0.4, -0.2) is 31.3 Å². The Balaban J connectivity index is 1.53. The largest absolute Gasteiger partial charge is 0.504 e. The number of ether oxygens (including phenoxy) is 2. The third-order valence-corrected chi connectivity index (χ3v) is 4.52. The van der Waals surface area contributed by atoms with Crippen LogP contribution < -0.4 is 10.1 Å². The minimum Gasteiger partial charge on any atom is -0.504 e.